The van der Waals surface area contributed by atoms with Gasteiger partial charge in [0.2, 0.25) is 5.91 Å². The summed E-state index contributed by atoms with van der Waals surface area (Å²) in [5, 5.41) is 0.600. The molecule has 1 unspecified atom stereocenters. The molecular formula is C33H36ClN3O5. The lowest BCUT2D eigenvalue weighted by Crippen LogP contribution is -2.47. The molecule has 42 heavy (non-hydrogen) atoms. The molecule has 0 aliphatic carbocycles. The first-order valence-corrected chi connectivity index (χ1v) is 14.8. The molecule has 0 spiro atoms. The van der Waals surface area contributed by atoms with E-state index in [2.05, 4.69) is 0 Å². The smallest absolute Gasteiger partial charge is 0.412 e. The zero-order valence-electron chi connectivity index (χ0n) is 24.2. The molecule has 5 rings (SSSR count). The molecule has 0 N–H and O–H groups in total. The monoisotopic (exact) mass is 589 g/mol. The Morgan fingerprint density at radius 1 is 0.976 bits per heavy atom. The second-order valence-corrected chi connectivity index (χ2v) is 11.1. The highest BCUT2D eigenvalue weighted by Gasteiger charge is 2.38. The molecule has 2 heterocycles. The van der Waals surface area contributed by atoms with Gasteiger partial charge in [0, 0.05) is 47.9 Å². The zero-order valence-corrected chi connectivity index (χ0v) is 24.9. The number of nitrogens with zero attached hydrogens (tertiary/aromatic N) is 3. The number of rotatable bonds is 6. The van der Waals surface area contributed by atoms with Crippen molar-refractivity contribution < 1.29 is 23.9 Å². The predicted octanol–water partition coefficient (Wildman–Crippen LogP) is 7.22. The summed E-state index contributed by atoms with van der Waals surface area (Å²) in [6.07, 6.45) is 2.38. The standard InChI is InChI=1S/C33H36ClN3O5/c1-4-41-33(40)35-20-8-7-11-31(35)42-27-18-12-24(13-19-27)32(39)36-22(2)21-30(28-9-5-6-10-29(28)36)37(23(3)38)26-16-14-25(34)15-17-26/h5-6,9-10,12-19,22,30-31H,4,7-8,11,20-21H2,1-3H3/t22?,30-,31+/m1/s1. The minimum atomic E-state index is -0.407. The fourth-order valence-corrected chi connectivity index (χ4v) is 6.06. The maximum atomic E-state index is 13.9. The van der Waals surface area contributed by atoms with E-state index in [1.165, 1.54) is 0 Å². The van der Waals surface area contributed by atoms with Gasteiger partial charge in [0.25, 0.3) is 5.91 Å². The summed E-state index contributed by atoms with van der Waals surface area (Å²) in [6.45, 7) is 6.25. The Balaban J connectivity index is 1.37. The first-order valence-electron chi connectivity index (χ1n) is 14.5. The van der Waals surface area contributed by atoms with Gasteiger partial charge in [-0.15, -0.1) is 0 Å². The first kappa shape index (κ1) is 29.5. The number of carbonyl (C=O) groups is 3. The van der Waals surface area contributed by atoms with Crippen molar-refractivity contribution in [3.63, 3.8) is 0 Å². The van der Waals surface area contributed by atoms with E-state index >= 15 is 0 Å². The summed E-state index contributed by atoms with van der Waals surface area (Å²) in [7, 11) is 0. The molecule has 220 valence electrons. The topological polar surface area (TPSA) is 79.4 Å². The summed E-state index contributed by atoms with van der Waals surface area (Å²) >= 11 is 6.11. The molecular weight excluding hydrogens is 554 g/mol. The molecule has 3 aromatic rings. The van der Waals surface area contributed by atoms with Crippen molar-refractivity contribution in [1.82, 2.24) is 4.90 Å². The van der Waals surface area contributed by atoms with E-state index < -0.39 is 6.23 Å². The number of benzene rings is 3. The number of fused-ring (bicyclic) bond motifs is 1. The van der Waals surface area contributed by atoms with Crippen LogP contribution in [0.3, 0.4) is 0 Å². The molecule has 3 aromatic carbocycles. The molecule has 8 nitrogen and oxygen atoms in total. The van der Waals surface area contributed by atoms with E-state index in [4.69, 9.17) is 21.1 Å². The highest BCUT2D eigenvalue weighted by Crippen LogP contribution is 2.43. The quantitative estimate of drug-likeness (QED) is 0.303. The summed E-state index contributed by atoms with van der Waals surface area (Å²) in [6, 6.07) is 21.6. The highest BCUT2D eigenvalue weighted by atomic mass is 35.5. The van der Waals surface area contributed by atoms with Crippen LogP contribution in [0, 0.1) is 0 Å². The largest absolute Gasteiger partial charge is 0.470 e. The van der Waals surface area contributed by atoms with Crippen LogP contribution in [-0.2, 0) is 9.53 Å². The number of hydrogen-bond acceptors (Lipinski definition) is 5. The van der Waals surface area contributed by atoms with Crippen LogP contribution in [0.15, 0.2) is 72.8 Å². The van der Waals surface area contributed by atoms with Crippen molar-refractivity contribution >= 4 is 40.9 Å². The van der Waals surface area contributed by atoms with Crippen molar-refractivity contribution in [1.29, 1.82) is 0 Å². The van der Waals surface area contributed by atoms with Crippen molar-refractivity contribution in [2.45, 2.75) is 64.8 Å². The molecule has 2 aliphatic rings. The van der Waals surface area contributed by atoms with Crippen LogP contribution in [0.5, 0.6) is 5.75 Å². The average molecular weight is 590 g/mol. The summed E-state index contributed by atoms with van der Waals surface area (Å²) < 4.78 is 11.4. The number of amides is 3. The number of halogens is 1. The van der Waals surface area contributed by atoms with Crippen LogP contribution in [0.4, 0.5) is 16.2 Å². The van der Waals surface area contributed by atoms with E-state index in [0.717, 1.165) is 36.2 Å². The molecule has 0 bridgehead atoms. The molecule has 3 amide bonds. The van der Waals surface area contributed by atoms with Gasteiger partial charge in [0.15, 0.2) is 6.23 Å². The second-order valence-electron chi connectivity index (χ2n) is 10.7. The average Bonchev–Trinajstić information content (AvgIpc) is 2.98. The van der Waals surface area contributed by atoms with Crippen LogP contribution in [0.25, 0.3) is 0 Å². The Hall–Kier alpha value is -4.04. The van der Waals surface area contributed by atoms with Gasteiger partial charge in [0.05, 0.1) is 12.6 Å². The van der Waals surface area contributed by atoms with E-state index in [1.54, 1.807) is 60.0 Å². The van der Waals surface area contributed by atoms with Gasteiger partial charge < -0.3 is 19.3 Å². The fourth-order valence-electron chi connectivity index (χ4n) is 5.93. The Kier molecular flexibility index (Phi) is 9.02. The number of para-hydroxylation sites is 1. The lowest BCUT2D eigenvalue weighted by molar-refractivity contribution is -0.117. The van der Waals surface area contributed by atoms with Crippen LogP contribution < -0.4 is 14.5 Å². The number of piperidine rings is 1. The zero-order chi connectivity index (χ0) is 29.8. The first-order chi connectivity index (χ1) is 20.3. The van der Waals surface area contributed by atoms with Crippen molar-refractivity contribution in [2.75, 3.05) is 23.0 Å². The van der Waals surface area contributed by atoms with Crippen molar-refractivity contribution in [2.24, 2.45) is 0 Å². The molecule has 3 atom stereocenters. The van der Waals surface area contributed by atoms with Crippen LogP contribution in [0.2, 0.25) is 5.02 Å². The SMILES string of the molecule is CCOC(=O)N1CCCC[C@@H]1Oc1ccc(C(=O)N2c3ccccc3[C@H](N(C(C)=O)c3ccc(Cl)cc3)CC2C)cc1. The minimum Gasteiger partial charge on any atom is -0.470 e. The predicted molar refractivity (Wildman–Crippen MR) is 163 cm³/mol. The Labute approximate surface area is 251 Å². The maximum Gasteiger partial charge on any atom is 0.412 e. The molecule has 0 saturated carbocycles. The molecule has 0 radical (unpaired) electrons. The van der Waals surface area contributed by atoms with Gasteiger partial charge in [-0.3, -0.25) is 14.5 Å². The van der Waals surface area contributed by atoms with Gasteiger partial charge in [-0.25, -0.2) is 4.79 Å². The minimum absolute atomic E-state index is 0.0841. The third kappa shape index (κ3) is 6.09. The summed E-state index contributed by atoms with van der Waals surface area (Å²) in [4.78, 5) is 44.5. The van der Waals surface area contributed by atoms with Crippen LogP contribution in [-0.4, -0.2) is 48.2 Å². The van der Waals surface area contributed by atoms with Gasteiger partial charge in [0.1, 0.15) is 5.75 Å². The fraction of sp³-hybridized carbons (Fsp3) is 0.364. The third-order valence-corrected chi connectivity index (χ3v) is 8.11. The maximum absolute atomic E-state index is 13.9. The number of hydrogen-bond donors (Lipinski definition) is 0. The van der Waals surface area contributed by atoms with E-state index in [0.29, 0.717) is 35.9 Å². The van der Waals surface area contributed by atoms with Gasteiger partial charge in [-0.2, -0.15) is 0 Å². The summed E-state index contributed by atoms with van der Waals surface area (Å²) in [5.74, 6) is 0.366. The molecule has 1 saturated heterocycles. The number of ether oxygens (including phenoxy) is 2. The van der Waals surface area contributed by atoms with Crippen LogP contribution >= 0.6 is 11.6 Å². The van der Waals surface area contributed by atoms with E-state index in [1.807, 2.05) is 48.2 Å². The Bertz CT molecular complexity index is 1430. The normalized spacial score (nSPS) is 20.0. The Morgan fingerprint density at radius 2 is 1.69 bits per heavy atom. The van der Waals surface area contributed by atoms with Gasteiger partial charge in [-0.05, 0) is 93.3 Å². The number of carbonyl (C=O) groups excluding carboxylic acids is 3. The van der Waals surface area contributed by atoms with E-state index in [-0.39, 0.29) is 30.0 Å². The van der Waals surface area contributed by atoms with Crippen molar-refractivity contribution in [3.8, 4) is 5.75 Å². The third-order valence-electron chi connectivity index (χ3n) is 7.86. The van der Waals surface area contributed by atoms with Crippen LogP contribution in [0.1, 0.15) is 68.4 Å². The molecule has 0 aromatic heterocycles. The second kappa shape index (κ2) is 12.9. The lowest BCUT2D eigenvalue weighted by atomic mass is 9.89. The van der Waals surface area contributed by atoms with E-state index in [9.17, 15) is 14.4 Å². The Morgan fingerprint density at radius 3 is 2.38 bits per heavy atom. The number of likely N-dealkylation sites (tertiary alicyclic amines) is 1. The highest BCUT2D eigenvalue weighted by molar-refractivity contribution is 6.30. The molecule has 2 aliphatic heterocycles. The molecule has 9 heteroatoms. The molecule has 1 fully saturated rings. The van der Waals surface area contributed by atoms with Crippen molar-refractivity contribution in [3.05, 3.63) is 88.9 Å². The van der Waals surface area contributed by atoms with Gasteiger partial charge >= 0.3 is 6.09 Å². The lowest BCUT2D eigenvalue weighted by Gasteiger charge is -2.43. The number of anilines is 2. The summed E-state index contributed by atoms with van der Waals surface area (Å²) in [5.41, 5.74) is 2.97. The van der Waals surface area contributed by atoms with Gasteiger partial charge in [-0.1, -0.05) is 29.8 Å².